The number of amides is 1. The summed E-state index contributed by atoms with van der Waals surface area (Å²) in [6.45, 7) is 5.37. The van der Waals surface area contributed by atoms with Crippen molar-refractivity contribution in [2.24, 2.45) is 5.73 Å². The van der Waals surface area contributed by atoms with Gasteiger partial charge < -0.3 is 25.3 Å². The third-order valence-corrected chi connectivity index (χ3v) is 6.02. The first-order chi connectivity index (χ1) is 20.1. The average molecular weight is 572 g/mol. The number of ether oxygens (including phenoxy) is 3. The minimum Gasteiger partial charge on any atom is -0.464 e. The highest BCUT2D eigenvalue weighted by Crippen LogP contribution is 2.16. The second-order valence-corrected chi connectivity index (χ2v) is 9.18. The monoisotopic (exact) mass is 571 g/mol. The molecule has 0 aliphatic rings. The van der Waals surface area contributed by atoms with E-state index in [0.717, 1.165) is 0 Å². The number of amidine groups is 1. The van der Waals surface area contributed by atoms with Crippen molar-refractivity contribution < 1.29 is 33.4 Å². The van der Waals surface area contributed by atoms with E-state index < -0.39 is 29.9 Å². The number of nitrogen functional groups attached to an aromatic ring is 1. The van der Waals surface area contributed by atoms with Crippen LogP contribution in [0.5, 0.6) is 5.75 Å². The highest BCUT2D eigenvalue weighted by atomic mass is 16.5. The van der Waals surface area contributed by atoms with Crippen LogP contribution in [0.3, 0.4) is 0 Å². The highest BCUT2D eigenvalue weighted by Gasteiger charge is 2.24. The van der Waals surface area contributed by atoms with Crippen LogP contribution in [0.15, 0.2) is 78.4 Å². The molecule has 4 N–H and O–H groups in total. The van der Waals surface area contributed by atoms with Crippen molar-refractivity contribution in [3.05, 3.63) is 106 Å². The Hall–Kier alpha value is -5.25. The van der Waals surface area contributed by atoms with Crippen molar-refractivity contribution in [3.8, 4) is 5.75 Å². The molecule has 1 atom stereocenters. The number of carbonyl (C=O) groups is 4. The van der Waals surface area contributed by atoms with Gasteiger partial charge in [-0.2, -0.15) is 0 Å². The summed E-state index contributed by atoms with van der Waals surface area (Å²) in [5.74, 6) is -1.90. The van der Waals surface area contributed by atoms with Gasteiger partial charge in [-0.1, -0.05) is 24.3 Å². The molecule has 0 radical (unpaired) electrons. The van der Waals surface area contributed by atoms with Crippen molar-refractivity contribution in [2.45, 2.75) is 33.2 Å². The quantitative estimate of drug-likeness (QED) is 0.0965. The van der Waals surface area contributed by atoms with Crippen LogP contribution >= 0.6 is 0 Å². The van der Waals surface area contributed by atoms with E-state index in [4.69, 9.17) is 25.4 Å². The van der Waals surface area contributed by atoms with Crippen molar-refractivity contribution in [1.29, 1.82) is 5.41 Å². The Balaban J connectivity index is 1.67. The second-order valence-electron chi connectivity index (χ2n) is 9.18. The van der Waals surface area contributed by atoms with Gasteiger partial charge in [-0.3, -0.25) is 10.2 Å². The largest absolute Gasteiger partial charge is 0.464 e. The molecule has 0 spiro atoms. The molecule has 3 rings (SSSR count). The molecule has 0 aliphatic heterocycles. The normalized spacial score (nSPS) is 11.6. The van der Waals surface area contributed by atoms with Gasteiger partial charge in [0.2, 0.25) is 5.91 Å². The van der Waals surface area contributed by atoms with Gasteiger partial charge in [0.05, 0.1) is 24.3 Å². The molecule has 0 aliphatic carbocycles. The third-order valence-electron chi connectivity index (χ3n) is 6.02. The number of carbonyl (C=O) groups excluding carboxylic acids is 4. The molecule has 3 aromatic carbocycles. The zero-order chi connectivity index (χ0) is 30.6. The average Bonchev–Trinajstić information content (AvgIpc) is 2.97. The Kier molecular flexibility index (Phi) is 11.1. The van der Waals surface area contributed by atoms with Crippen molar-refractivity contribution in [1.82, 2.24) is 5.32 Å². The van der Waals surface area contributed by atoms with Crippen molar-refractivity contribution >= 4 is 35.7 Å². The molecule has 0 fully saturated rings. The fourth-order valence-corrected chi connectivity index (χ4v) is 3.88. The summed E-state index contributed by atoms with van der Waals surface area (Å²) in [6, 6.07) is 18.4. The summed E-state index contributed by atoms with van der Waals surface area (Å²) in [6.07, 6.45) is 1.73. The zero-order valence-electron chi connectivity index (χ0n) is 23.6. The molecule has 10 heteroatoms. The Morgan fingerprint density at radius 3 is 2.12 bits per heavy atom. The first-order valence-electron chi connectivity index (χ1n) is 13.3. The number of hydrogen-bond donors (Lipinski definition) is 3. The summed E-state index contributed by atoms with van der Waals surface area (Å²) in [5, 5.41) is 10.1. The van der Waals surface area contributed by atoms with Crippen LogP contribution in [0.25, 0.3) is 6.08 Å². The van der Waals surface area contributed by atoms with Gasteiger partial charge in [0.15, 0.2) is 0 Å². The maximum Gasteiger partial charge on any atom is 0.343 e. The molecule has 0 bridgehead atoms. The molecule has 218 valence electrons. The SMILES string of the molecule is CCOC(=O)c1cccc(C[C@H](NC(=O)/C(C)=C/c2ccc(C(=O)Oc3ccc(C(=N)N)cc3)cc2)C(=O)OCC)c1. The Bertz CT molecular complexity index is 1480. The highest BCUT2D eigenvalue weighted by molar-refractivity contribution is 5.99. The van der Waals surface area contributed by atoms with Gasteiger partial charge in [0, 0.05) is 17.6 Å². The van der Waals surface area contributed by atoms with Crippen LogP contribution in [-0.2, 0) is 25.5 Å². The summed E-state index contributed by atoms with van der Waals surface area (Å²) in [5.41, 5.74) is 8.23. The number of nitrogens with two attached hydrogens (primary N) is 1. The van der Waals surface area contributed by atoms with E-state index in [1.54, 1.807) is 99.6 Å². The lowest BCUT2D eigenvalue weighted by Gasteiger charge is -2.18. The maximum atomic E-state index is 13.0. The van der Waals surface area contributed by atoms with E-state index in [1.807, 2.05) is 0 Å². The van der Waals surface area contributed by atoms with Gasteiger partial charge >= 0.3 is 17.9 Å². The molecular formula is C32H33N3O7. The maximum absolute atomic E-state index is 13.0. The minimum atomic E-state index is -0.986. The topological polar surface area (TPSA) is 158 Å². The summed E-state index contributed by atoms with van der Waals surface area (Å²) in [4.78, 5) is 50.3. The third kappa shape index (κ3) is 8.88. The van der Waals surface area contributed by atoms with Crippen LogP contribution in [0.2, 0.25) is 0 Å². The molecule has 1 amide bonds. The Morgan fingerprint density at radius 2 is 1.50 bits per heavy atom. The number of benzene rings is 3. The van der Waals surface area contributed by atoms with Gasteiger partial charge in [-0.05, 0) is 86.5 Å². The van der Waals surface area contributed by atoms with Gasteiger partial charge in [0.25, 0.3) is 0 Å². The number of esters is 3. The molecule has 42 heavy (non-hydrogen) atoms. The molecule has 0 heterocycles. The van der Waals surface area contributed by atoms with Gasteiger partial charge in [-0.25, -0.2) is 14.4 Å². The van der Waals surface area contributed by atoms with E-state index in [0.29, 0.717) is 39.1 Å². The molecule has 10 nitrogen and oxygen atoms in total. The smallest absolute Gasteiger partial charge is 0.343 e. The first-order valence-corrected chi connectivity index (χ1v) is 13.3. The van der Waals surface area contributed by atoms with Crippen LogP contribution in [0.4, 0.5) is 0 Å². The molecule has 0 aromatic heterocycles. The molecule has 0 saturated heterocycles. The Labute approximate surface area is 244 Å². The fourth-order valence-electron chi connectivity index (χ4n) is 3.88. The molecule has 3 aromatic rings. The number of rotatable bonds is 12. The Morgan fingerprint density at radius 1 is 0.857 bits per heavy atom. The lowest BCUT2D eigenvalue weighted by molar-refractivity contribution is -0.147. The molecular weight excluding hydrogens is 538 g/mol. The summed E-state index contributed by atoms with van der Waals surface area (Å²) < 4.78 is 15.6. The number of hydrogen-bond acceptors (Lipinski definition) is 8. The summed E-state index contributed by atoms with van der Waals surface area (Å²) >= 11 is 0. The standard InChI is InChI=1S/C32H33N3O7/c1-4-40-30(37)25-8-6-7-22(18-25)19-27(32(39)41-5-2)35-29(36)20(3)17-21-9-11-24(12-10-21)31(38)42-26-15-13-23(14-16-26)28(33)34/h6-18,27H,4-5,19H2,1-3H3,(H3,33,34)(H,35,36)/b20-17+/t27-/m0/s1. The van der Waals surface area contributed by atoms with E-state index in [-0.39, 0.29) is 25.5 Å². The zero-order valence-corrected chi connectivity index (χ0v) is 23.6. The molecule has 0 saturated carbocycles. The predicted molar refractivity (Wildman–Crippen MR) is 157 cm³/mol. The van der Waals surface area contributed by atoms with Gasteiger partial charge in [0.1, 0.15) is 17.6 Å². The molecule has 0 unspecified atom stereocenters. The number of nitrogens with one attached hydrogen (secondary N) is 2. The van der Waals surface area contributed by atoms with E-state index in [1.165, 1.54) is 0 Å². The lowest BCUT2D eigenvalue weighted by atomic mass is 10.0. The van der Waals surface area contributed by atoms with E-state index in [9.17, 15) is 19.2 Å². The van der Waals surface area contributed by atoms with Crippen LogP contribution < -0.4 is 15.8 Å². The second kappa shape index (κ2) is 14.9. The lowest BCUT2D eigenvalue weighted by Crippen LogP contribution is -2.43. The first kappa shape index (κ1) is 31.3. The van der Waals surface area contributed by atoms with Crippen molar-refractivity contribution in [3.63, 3.8) is 0 Å². The van der Waals surface area contributed by atoms with E-state index in [2.05, 4.69) is 5.32 Å². The van der Waals surface area contributed by atoms with Crippen LogP contribution in [-0.4, -0.2) is 48.9 Å². The fraction of sp³-hybridized carbons (Fsp3) is 0.219. The summed E-state index contributed by atoms with van der Waals surface area (Å²) in [7, 11) is 0. The predicted octanol–water partition coefficient (Wildman–Crippen LogP) is 4.06. The van der Waals surface area contributed by atoms with Crippen LogP contribution in [0, 0.1) is 5.41 Å². The van der Waals surface area contributed by atoms with Crippen molar-refractivity contribution in [2.75, 3.05) is 13.2 Å². The van der Waals surface area contributed by atoms with Crippen LogP contribution in [0.1, 0.15) is 58.2 Å². The van der Waals surface area contributed by atoms with Gasteiger partial charge in [-0.15, -0.1) is 0 Å². The minimum absolute atomic E-state index is 0.0854. The van der Waals surface area contributed by atoms with E-state index >= 15 is 0 Å².